The maximum absolute atomic E-state index is 8.98. The van der Waals surface area contributed by atoms with E-state index in [0.717, 1.165) is 54.7 Å². The lowest BCUT2D eigenvalue weighted by Crippen LogP contribution is -3.15. The number of anilines is 1. The van der Waals surface area contributed by atoms with Crippen molar-refractivity contribution in [1.29, 1.82) is 0 Å². The molecule has 0 atom stereocenters. The average molecular weight is 329 g/mol. The van der Waals surface area contributed by atoms with E-state index in [-0.39, 0.29) is 6.61 Å². The van der Waals surface area contributed by atoms with Gasteiger partial charge in [-0.1, -0.05) is 17.7 Å². The SMILES string of the molecule is Cc1cc(C)c(NC(=S)N2CC[NH+](CCO)CC2)c(Cl)c1. The van der Waals surface area contributed by atoms with Crippen molar-refractivity contribution >= 4 is 34.6 Å². The zero-order valence-electron chi connectivity index (χ0n) is 12.6. The van der Waals surface area contributed by atoms with Gasteiger partial charge in [-0.2, -0.15) is 0 Å². The van der Waals surface area contributed by atoms with Gasteiger partial charge in [-0.15, -0.1) is 0 Å². The summed E-state index contributed by atoms with van der Waals surface area (Å²) in [5.41, 5.74) is 3.15. The fourth-order valence-electron chi connectivity index (χ4n) is 2.69. The van der Waals surface area contributed by atoms with Crippen LogP contribution in [0.5, 0.6) is 0 Å². The zero-order valence-corrected chi connectivity index (χ0v) is 14.2. The second-order valence-corrected chi connectivity index (χ2v) is 6.37. The highest BCUT2D eigenvalue weighted by Crippen LogP contribution is 2.27. The molecule has 0 saturated carbocycles. The first-order valence-corrected chi connectivity index (χ1v) is 8.07. The summed E-state index contributed by atoms with van der Waals surface area (Å²) in [5.74, 6) is 0. The standard InChI is InChI=1S/C15H22ClN3OS/c1-11-9-12(2)14(13(16)10-11)17-15(21)19-5-3-18(4-6-19)7-8-20/h9-10,20H,3-8H2,1-2H3,(H,17,21)/p+1. The Hall–Kier alpha value is -0.880. The molecule has 0 radical (unpaired) electrons. The lowest BCUT2D eigenvalue weighted by molar-refractivity contribution is -0.904. The maximum Gasteiger partial charge on any atom is 0.173 e. The Labute approximate surface area is 136 Å². The van der Waals surface area contributed by atoms with Gasteiger partial charge in [0.1, 0.15) is 6.54 Å². The highest BCUT2D eigenvalue weighted by atomic mass is 35.5. The van der Waals surface area contributed by atoms with Gasteiger partial charge < -0.3 is 20.2 Å². The molecule has 3 N–H and O–H groups in total. The van der Waals surface area contributed by atoms with E-state index >= 15 is 0 Å². The van der Waals surface area contributed by atoms with Crippen LogP contribution in [-0.4, -0.2) is 54.4 Å². The Bertz CT molecular complexity index is 493. The number of aliphatic hydroxyl groups is 1. The third-order valence-electron chi connectivity index (χ3n) is 3.89. The molecule has 0 unspecified atom stereocenters. The number of benzene rings is 1. The number of thiocarbonyl (C=S) groups is 1. The molecule has 1 aromatic rings. The summed E-state index contributed by atoms with van der Waals surface area (Å²) in [4.78, 5) is 3.60. The van der Waals surface area contributed by atoms with Crippen molar-refractivity contribution in [3.05, 3.63) is 28.3 Å². The first-order chi connectivity index (χ1) is 10.0. The normalized spacial score (nSPS) is 16.1. The van der Waals surface area contributed by atoms with Crippen molar-refractivity contribution in [3.63, 3.8) is 0 Å². The number of hydrogen-bond donors (Lipinski definition) is 3. The minimum atomic E-state index is 0.246. The molecule has 116 valence electrons. The van der Waals surface area contributed by atoms with E-state index in [2.05, 4.69) is 16.3 Å². The van der Waals surface area contributed by atoms with Crippen LogP contribution in [0.3, 0.4) is 0 Å². The molecule has 1 aromatic carbocycles. The van der Waals surface area contributed by atoms with Crippen LogP contribution >= 0.6 is 23.8 Å². The molecular weight excluding hydrogens is 306 g/mol. The molecule has 6 heteroatoms. The van der Waals surface area contributed by atoms with E-state index < -0.39 is 0 Å². The van der Waals surface area contributed by atoms with Crippen molar-refractivity contribution in [2.75, 3.05) is 44.6 Å². The van der Waals surface area contributed by atoms with E-state index in [1.54, 1.807) is 0 Å². The van der Waals surface area contributed by atoms with Crippen LogP contribution in [0.4, 0.5) is 5.69 Å². The first kappa shape index (κ1) is 16.5. The summed E-state index contributed by atoms with van der Waals surface area (Å²) < 4.78 is 0. The summed E-state index contributed by atoms with van der Waals surface area (Å²) in [5, 5.41) is 13.7. The minimum absolute atomic E-state index is 0.246. The van der Waals surface area contributed by atoms with Crippen LogP contribution in [0.1, 0.15) is 11.1 Å². The highest BCUT2D eigenvalue weighted by molar-refractivity contribution is 7.80. The Morgan fingerprint density at radius 3 is 2.62 bits per heavy atom. The third-order valence-corrected chi connectivity index (χ3v) is 4.55. The zero-order chi connectivity index (χ0) is 15.4. The van der Waals surface area contributed by atoms with Gasteiger partial charge >= 0.3 is 0 Å². The van der Waals surface area contributed by atoms with E-state index in [1.807, 2.05) is 19.9 Å². The Kier molecular flexibility index (Phi) is 5.81. The summed E-state index contributed by atoms with van der Waals surface area (Å²) in [6.45, 7) is 8.95. The number of halogens is 1. The lowest BCUT2D eigenvalue weighted by atomic mass is 10.1. The van der Waals surface area contributed by atoms with Crippen molar-refractivity contribution in [3.8, 4) is 0 Å². The summed E-state index contributed by atoms with van der Waals surface area (Å²) in [6.07, 6.45) is 0. The number of quaternary nitrogens is 1. The molecule has 1 aliphatic heterocycles. The largest absolute Gasteiger partial charge is 0.391 e. The molecule has 1 fully saturated rings. The molecule has 2 rings (SSSR count). The molecule has 0 amide bonds. The molecule has 1 saturated heterocycles. The van der Waals surface area contributed by atoms with Gasteiger partial charge in [-0.3, -0.25) is 0 Å². The lowest BCUT2D eigenvalue weighted by Gasteiger charge is -2.33. The number of nitrogens with zero attached hydrogens (tertiary/aromatic N) is 1. The number of aliphatic hydroxyl groups excluding tert-OH is 1. The Balaban J connectivity index is 1.97. The predicted octanol–water partition coefficient (Wildman–Crippen LogP) is 0.846. The molecule has 1 aliphatic rings. The molecule has 4 nitrogen and oxygen atoms in total. The molecule has 1 heterocycles. The van der Waals surface area contributed by atoms with Crippen LogP contribution in [0.25, 0.3) is 0 Å². The first-order valence-electron chi connectivity index (χ1n) is 7.28. The van der Waals surface area contributed by atoms with E-state index in [9.17, 15) is 0 Å². The summed E-state index contributed by atoms with van der Waals surface area (Å²) >= 11 is 11.8. The molecule has 0 spiro atoms. The van der Waals surface area contributed by atoms with Gasteiger partial charge in [0.05, 0.1) is 43.5 Å². The van der Waals surface area contributed by atoms with E-state index in [1.165, 1.54) is 4.90 Å². The summed E-state index contributed by atoms with van der Waals surface area (Å²) in [7, 11) is 0. The highest BCUT2D eigenvalue weighted by Gasteiger charge is 2.21. The fourth-order valence-corrected chi connectivity index (χ4v) is 3.35. The van der Waals surface area contributed by atoms with Crippen LogP contribution in [0.15, 0.2) is 12.1 Å². The second kappa shape index (κ2) is 7.40. The molecular formula is C15H23ClN3OS+. The van der Waals surface area contributed by atoms with Gasteiger partial charge in [-0.05, 0) is 43.3 Å². The molecule has 0 aliphatic carbocycles. The van der Waals surface area contributed by atoms with E-state index in [4.69, 9.17) is 28.9 Å². The predicted molar refractivity (Wildman–Crippen MR) is 91.4 cm³/mol. The number of rotatable bonds is 3. The number of piperazine rings is 1. The van der Waals surface area contributed by atoms with Gasteiger partial charge in [0.15, 0.2) is 5.11 Å². The quantitative estimate of drug-likeness (QED) is 0.719. The van der Waals surface area contributed by atoms with Crippen molar-refractivity contribution in [1.82, 2.24) is 4.90 Å². The Morgan fingerprint density at radius 2 is 2.05 bits per heavy atom. The summed E-state index contributed by atoms with van der Waals surface area (Å²) in [6, 6.07) is 4.04. The topological polar surface area (TPSA) is 39.9 Å². The number of nitrogens with one attached hydrogen (secondary N) is 2. The molecule has 0 aromatic heterocycles. The number of hydrogen-bond acceptors (Lipinski definition) is 2. The monoisotopic (exact) mass is 328 g/mol. The van der Waals surface area contributed by atoms with Crippen LogP contribution in [0.2, 0.25) is 5.02 Å². The van der Waals surface area contributed by atoms with E-state index in [0.29, 0.717) is 5.02 Å². The van der Waals surface area contributed by atoms with Crippen molar-refractivity contribution in [2.45, 2.75) is 13.8 Å². The molecule has 21 heavy (non-hydrogen) atoms. The molecule has 0 bridgehead atoms. The second-order valence-electron chi connectivity index (χ2n) is 5.58. The smallest absolute Gasteiger partial charge is 0.173 e. The van der Waals surface area contributed by atoms with Crippen LogP contribution in [-0.2, 0) is 0 Å². The maximum atomic E-state index is 8.98. The van der Waals surface area contributed by atoms with Gasteiger partial charge in [0.25, 0.3) is 0 Å². The fraction of sp³-hybridized carbons (Fsp3) is 0.533. The van der Waals surface area contributed by atoms with Gasteiger partial charge in [0, 0.05) is 0 Å². The minimum Gasteiger partial charge on any atom is -0.391 e. The van der Waals surface area contributed by atoms with Gasteiger partial charge in [0.2, 0.25) is 0 Å². The van der Waals surface area contributed by atoms with Crippen LogP contribution in [0, 0.1) is 13.8 Å². The number of aryl methyl sites for hydroxylation is 2. The van der Waals surface area contributed by atoms with Crippen molar-refractivity contribution in [2.24, 2.45) is 0 Å². The van der Waals surface area contributed by atoms with Gasteiger partial charge in [-0.25, -0.2) is 0 Å². The average Bonchev–Trinajstić information content (AvgIpc) is 2.43. The third kappa shape index (κ3) is 4.30. The Morgan fingerprint density at radius 1 is 1.38 bits per heavy atom. The van der Waals surface area contributed by atoms with Crippen LogP contribution < -0.4 is 10.2 Å². The van der Waals surface area contributed by atoms with Crippen molar-refractivity contribution < 1.29 is 10.0 Å².